The fourth-order valence-electron chi connectivity index (χ4n) is 2.45. The van der Waals surface area contributed by atoms with Crippen molar-refractivity contribution in [2.45, 2.75) is 6.54 Å². The smallest absolute Gasteiger partial charge is 0.258 e. The van der Waals surface area contributed by atoms with E-state index >= 15 is 0 Å². The average Bonchev–Trinajstić information content (AvgIpc) is 2.52. The van der Waals surface area contributed by atoms with Crippen LogP contribution in [-0.4, -0.2) is 23.3 Å². The molecule has 110 valence electrons. The van der Waals surface area contributed by atoms with Crippen molar-refractivity contribution in [2.24, 2.45) is 7.05 Å². The molecule has 2 N–H and O–H groups in total. The molecule has 0 fully saturated rings. The van der Waals surface area contributed by atoms with Gasteiger partial charge in [0.1, 0.15) is 11.6 Å². The molecule has 1 aromatic carbocycles. The van der Waals surface area contributed by atoms with Gasteiger partial charge in [-0.1, -0.05) is 6.07 Å². The van der Waals surface area contributed by atoms with Crippen molar-refractivity contribution in [2.75, 3.05) is 24.0 Å². The second-order valence-corrected chi connectivity index (χ2v) is 5.27. The lowest BCUT2D eigenvalue weighted by Crippen LogP contribution is -2.39. The minimum absolute atomic E-state index is 0.145. The van der Waals surface area contributed by atoms with Gasteiger partial charge in [-0.15, -0.1) is 0 Å². The van der Waals surface area contributed by atoms with Crippen molar-refractivity contribution in [1.29, 1.82) is 0 Å². The minimum atomic E-state index is -0.145. The molecule has 7 heteroatoms. The molecule has 0 amide bonds. The monoisotopic (exact) mass is 304 g/mol. The van der Waals surface area contributed by atoms with E-state index in [1.54, 1.807) is 11.7 Å². The van der Waals surface area contributed by atoms with Gasteiger partial charge in [0.15, 0.2) is 4.77 Å². The third kappa shape index (κ3) is 2.40. The molecule has 0 spiro atoms. The lowest BCUT2D eigenvalue weighted by Gasteiger charge is -2.32. The molecule has 0 saturated heterocycles. The maximum absolute atomic E-state index is 12.1. The molecule has 1 aliphatic rings. The van der Waals surface area contributed by atoms with Gasteiger partial charge in [0, 0.05) is 18.8 Å². The largest absolute Gasteiger partial charge is 0.497 e. The molecular formula is C14H16N4O2S. The van der Waals surface area contributed by atoms with Crippen LogP contribution in [0.5, 0.6) is 5.75 Å². The van der Waals surface area contributed by atoms with E-state index in [4.69, 9.17) is 17.0 Å². The minimum Gasteiger partial charge on any atom is -0.497 e. The van der Waals surface area contributed by atoms with Crippen molar-refractivity contribution in [3.63, 3.8) is 0 Å². The van der Waals surface area contributed by atoms with Crippen molar-refractivity contribution in [3.8, 4) is 5.75 Å². The topological polar surface area (TPSA) is 62.3 Å². The highest BCUT2D eigenvalue weighted by molar-refractivity contribution is 7.71. The summed E-state index contributed by atoms with van der Waals surface area (Å²) in [4.78, 5) is 16.9. The number of nitrogens with zero attached hydrogens (tertiary/aromatic N) is 2. The maximum Gasteiger partial charge on any atom is 0.258 e. The van der Waals surface area contributed by atoms with Gasteiger partial charge >= 0.3 is 0 Å². The summed E-state index contributed by atoms with van der Waals surface area (Å²) in [6.07, 6.45) is 0. The van der Waals surface area contributed by atoms with Gasteiger partial charge in [-0.3, -0.25) is 9.78 Å². The van der Waals surface area contributed by atoms with Crippen LogP contribution in [0.1, 0.15) is 5.56 Å². The van der Waals surface area contributed by atoms with Gasteiger partial charge in [0.25, 0.3) is 5.56 Å². The molecule has 0 aliphatic carbocycles. The Bertz CT molecular complexity index is 796. The highest BCUT2D eigenvalue weighted by atomic mass is 32.1. The van der Waals surface area contributed by atoms with Crippen LogP contribution in [0.25, 0.3) is 0 Å². The lowest BCUT2D eigenvalue weighted by atomic mass is 10.2. The first-order valence-electron chi connectivity index (χ1n) is 6.55. The number of ether oxygens (including phenoxy) is 1. The van der Waals surface area contributed by atoms with Crippen molar-refractivity contribution < 1.29 is 4.74 Å². The summed E-state index contributed by atoms with van der Waals surface area (Å²) in [7, 11) is 3.48. The molecule has 2 heterocycles. The number of benzene rings is 1. The fraction of sp³-hybridized carbons (Fsp3) is 0.286. The second-order valence-electron chi connectivity index (χ2n) is 4.88. The van der Waals surface area contributed by atoms with Crippen LogP contribution in [0.15, 0.2) is 29.1 Å². The summed E-state index contributed by atoms with van der Waals surface area (Å²) in [6.45, 7) is 1.13. The predicted octanol–water partition coefficient (Wildman–Crippen LogP) is 1.84. The van der Waals surface area contributed by atoms with E-state index in [0.29, 0.717) is 23.5 Å². The first kappa shape index (κ1) is 13.7. The van der Waals surface area contributed by atoms with Crippen LogP contribution in [0.4, 0.5) is 11.5 Å². The zero-order chi connectivity index (χ0) is 15.0. The normalized spacial score (nSPS) is 13.5. The van der Waals surface area contributed by atoms with Crippen LogP contribution in [-0.2, 0) is 13.6 Å². The Morgan fingerprint density at radius 3 is 2.95 bits per heavy atom. The van der Waals surface area contributed by atoms with Crippen molar-refractivity contribution in [3.05, 3.63) is 45.0 Å². The highest BCUT2D eigenvalue weighted by Crippen LogP contribution is 2.26. The zero-order valence-electron chi connectivity index (χ0n) is 11.8. The van der Waals surface area contributed by atoms with Gasteiger partial charge in [0.2, 0.25) is 0 Å². The number of methoxy groups -OCH3 is 1. The van der Waals surface area contributed by atoms with Gasteiger partial charge in [-0.05, 0) is 24.4 Å². The van der Waals surface area contributed by atoms with E-state index in [9.17, 15) is 4.79 Å². The van der Waals surface area contributed by atoms with Crippen LogP contribution in [0, 0.1) is 4.77 Å². The van der Waals surface area contributed by atoms with Crippen LogP contribution in [0.2, 0.25) is 0 Å². The third-order valence-corrected chi connectivity index (χ3v) is 4.00. The average molecular weight is 304 g/mol. The molecule has 0 bridgehead atoms. The second kappa shape index (κ2) is 5.25. The number of hydrogen-bond donors (Lipinski definition) is 2. The Hall–Kier alpha value is -2.28. The molecular weight excluding hydrogens is 288 g/mol. The Morgan fingerprint density at radius 2 is 2.19 bits per heavy atom. The number of fused-ring (bicyclic) bond motifs is 1. The van der Waals surface area contributed by atoms with E-state index in [2.05, 4.69) is 15.2 Å². The molecule has 0 saturated carbocycles. The number of aromatic amines is 1. The van der Waals surface area contributed by atoms with E-state index in [-0.39, 0.29) is 5.56 Å². The summed E-state index contributed by atoms with van der Waals surface area (Å²) in [6, 6.07) is 7.76. The molecule has 21 heavy (non-hydrogen) atoms. The highest BCUT2D eigenvalue weighted by Gasteiger charge is 2.21. The number of aromatic nitrogens is 2. The number of nitrogens with one attached hydrogen (secondary N) is 2. The molecule has 1 aromatic heterocycles. The summed E-state index contributed by atoms with van der Waals surface area (Å²) in [5.74, 6) is 1.57. The zero-order valence-corrected chi connectivity index (χ0v) is 12.7. The molecule has 1 aliphatic heterocycles. The Labute approximate surface area is 127 Å². The summed E-state index contributed by atoms with van der Waals surface area (Å²) in [5, 5.41) is 3.26. The van der Waals surface area contributed by atoms with Crippen LogP contribution >= 0.6 is 12.2 Å². The molecule has 6 nitrogen and oxygen atoms in total. The van der Waals surface area contributed by atoms with Gasteiger partial charge in [-0.2, -0.15) is 0 Å². The van der Waals surface area contributed by atoms with Gasteiger partial charge in [0.05, 0.1) is 25.9 Å². The van der Waals surface area contributed by atoms with Crippen LogP contribution < -0.4 is 20.5 Å². The number of H-pyrrole nitrogens is 1. The molecule has 0 atom stereocenters. The van der Waals surface area contributed by atoms with Gasteiger partial charge in [-0.25, -0.2) is 0 Å². The van der Waals surface area contributed by atoms with Crippen molar-refractivity contribution in [1.82, 2.24) is 9.55 Å². The Morgan fingerprint density at radius 1 is 1.38 bits per heavy atom. The van der Waals surface area contributed by atoms with Crippen LogP contribution in [0.3, 0.4) is 0 Å². The first-order valence-corrected chi connectivity index (χ1v) is 6.96. The molecule has 0 radical (unpaired) electrons. The summed E-state index contributed by atoms with van der Waals surface area (Å²) < 4.78 is 7.45. The quantitative estimate of drug-likeness (QED) is 0.829. The van der Waals surface area contributed by atoms with E-state index in [1.165, 1.54) is 0 Å². The SMILES string of the molecule is COc1cccc(N2CNc3c(c(=O)[nH]c(=S)n3C)C2)c1. The Kier molecular flexibility index (Phi) is 3.42. The lowest BCUT2D eigenvalue weighted by molar-refractivity contribution is 0.414. The third-order valence-electron chi connectivity index (χ3n) is 3.63. The summed E-state index contributed by atoms with van der Waals surface area (Å²) >= 11 is 5.12. The maximum atomic E-state index is 12.1. The standard InChI is InChI=1S/C14H16N4O2S/c1-17-12-11(13(19)16-14(17)21)7-18(8-15-12)9-4-3-5-10(6-9)20-2/h3-6,15H,7-8H2,1-2H3,(H,16,19,21). The van der Waals surface area contributed by atoms with E-state index in [1.807, 2.05) is 31.3 Å². The van der Waals surface area contributed by atoms with E-state index < -0.39 is 0 Å². The number of hydrogen-bond acceptors (Lipinski definition) is 5. The summed E-state index contributed by atoms with van der Waals surface area (Å²) in [5.41, 5.74) is 1.53. The van der Waals surface area contributed by atoms with Gasteiger partial charge < -0.3 is 19.5 Å². The molecule has 0 unspecified atom stereocenters. The molecule has 2 aromatic rings. The first-order chi connectivity index (χ1) is 10.1. The fourth-order valence-corrected chi connectivity index (χ4v) is 2.63. The predicted molar refractivity (Wildman–Crippen MR) is 84.5 cm³/mol. The number of anilines is 2. The van der Waals surface area contributed by atoms with E-state index in [0.717, 1.165) is 17.3 Å². The van der Waals surface area contributed by atoms with Crippen molar-refractivity contribution >= 4 is 23.7 Å². The molecule has 3 rings (SSSR count). The Balaban J connectivity index is 2.00. The number of rotatable bonds is 2.